The fraction of sp³-hybridized carbons (Fsp3) is 0.111. The lowest BCUT2D eigenvalue weighted by atomic mass is 10.2. The maximum absolute atomic E-state index is 5.90. The summed E-state index contributed by atoms with van der Waals surface area (Å²) in [6.45, 7) is 0.905. The van der Waals surface area contributed by atoms with Gasteiger partial charge in [-0.15, -0.1) is 0 Å². The molecule has 126 valence electrons. The van der Waals surface area contributed by atoms with Gasteiger partial charge in [0, 0.05) is 29.4 Å². The maximum atomic E-state index is 5.90. The molecule has 25 heavy (non-hydrogen) atoms. The van der Waals surface area contributed by atoms with Crippen molar-refractivity contribution < 1.29 is 9.47 Å². The average molecular weight is 355 g/mol. The summed E-state index contributed by atoms with van der Waals surface area (Å²) in [5.74, 6) is 2.89. The Bertz CT molecular complexity index is 886. The van der Waals surface area contributed by atoms with E-state index in [1.165, 1.54) is 6.33 Å². The molecule has 0 amide bonds. The number of benzene rings is 2. The van der Waals surface area contributed by atoms with Gasteiger partial charge in [-0.25, -0.2) is 9.97 Å². The molecule has 2 aromatic carbocycles. The van der Waals surface area contributed by atoms with Crippen molar-refractivity contribution in [2.24, 2.45) is 0 Å². The van der Waals surface area contributed by atoms with Gasteiger partial charge in [0.15, 0.2) is 11.5 Å². The Balaban J connectivity index is 1.43. The Hall–Kier alpha value is -2.99. The fourth-order valence-electron chi connectivity index (χ4n) is 2.44. The number of halogens is 1. The van der Waals surface area contributed by atoms with Crippen LogP contribution in [0.4, 0.5) is 17.3 Å². The topological polar surface area (TPSA) is 68.3 Å². The number of anilines is 3. The minimum atomic E-state index is 0.255. The van der Waals surface area contributed by atoms with Crippen LogP contribution < -0.4 is 20.1 Å². The van der Waals surface area contributed by atoms with Gasteiger partial charge in [0.1, 0.15) is 18.0 Å². The summed E-state index contributed by atoms with van der Waals surface area (Å²) in [6.07, 6.45) is 1.51. The second-order valence-electron chi connectivity index (χ2n) is 5.46. The van der Waals surface area contributed by atoms with Crippen LogP contribution in [-0.2, 0) is 6.54 Å². The monoisotopic (exact) mass is 354 g/mol. The standard InChI is InChI=1S/C18H15ClN4O2/c19-13-3-1-12(2-4-13)9-20-17-8-18(22-10-21-17)23-14-5-6-15-16(7-14)25-11-24-15/h1-8,10H,9,11H2,(H2,20,21,22,23). The van der Waals surface area contributed by atoms with E-state index in [-0.39, 0.29) is 6.79 Å². The van der Waals surface area contributed by atoms with Crippen molar-refractivity contribution in [3.05, 3.63) is 65.4 Å². The highest BCUT2D eigenvalue weighted by molar-refractivity contribution is 6.30. The largest absolute Gasteiger partial charge is 0.454 e. The molecule has 0 spiro atoms. The molecule has 0 radical (unpaired) electrons. The van der Waals surface area contributed by atoms with Gasteiger partial charge >= 0.3 is 0 Å². The van der Waals surface area contributed by atoms with Gasteiger partial charge in [0.25, 0.3) is 0 Å². The van der Waals surface area contributed by atoms with Crippen molar-refractivity contribution in [1.29, 1.82) is 0 Å². The van der Waals surface area contributed by atoms with Crippen molar-refractivity contribution in [2.75, 3.05) is 17.4 Å². The molecule has 2 N–H and O–H groups in total. The van der Waals surface area contributed by atoms with Gasteiger partial charge in [-0.1, -0.05) is 23.7 Å². The fourth-order valence-corrected chi connectivity index (χ4v) is 2.57. The van der Waals surface area contributed by atoms with Gasteiger partial charge in [0.05, 0.1) is 0 Å². The lowest BCUT2D eigenvalue weighted by Crippen LogP contribution is -2.03. The van der Waals surface area contributed by atoms with E-state index in [9.17, 15) is 0 Å². The second-order valence-corrected chi connectivity index (χ2v) is 5.90. The third-order valence-corrected chi connectivity index (χ3v) is 3.95. The molecule has 1 aromatic heterocycles. The number of nitrogens with one attached hydrogen (secondary N) is 2. The van der Waals surface area contributed by atoms with E-state index in [2.05, 4.69) is 20.6 Å². The van der Waals surface area contributed by atoms with Crippen LogP contribution in [0.15, 0.2) is 54.9 Å². The highest BCUT2D eigenvalue weighted by Gasteiger charge is 2.13. The molecule has 0 aliphatic carbocycles. The van der Waals surface area contributed by atoms with Crippen LogP contribution in [0.3, 0.4) is 0 Å². The van der Waals surface area contributed by atoms with Crippen molar-refractivity contribution in [2.45, 2.75) is 6.54 Å². The lowest BCUT2D eigenvalue weighted by Gasteiger charge is -2.09. The lowest BCUT2D eigenvalue weighted by molar-refractivity contribution is 0.174. The highest BCUT2D eigenvalue weighted by Crippen LogP contribution is 2.34. The smallest absolute Gasteiger partial charge is 0.231 e. The van der Waals surface area contributed by atoms with Crippen LogP contribution in [0, 0.1) is 0 Å². The summed E-state index contributed by atoms with van der Waals surface area (Å²) in [7, 11) is 0. The molecule has 0 saturated heterocycles. The molecule has 2 heterocycles. The van der Waals surface area contributed by atoms with Gasteiger partial charge in [0.2, 0.25) is 6.79 Å². The van der Waals surface area contributed by atoms with Crippen LogP contribution in [0.25, 0.3) is 0 Å². The summed E-state index contributed by atoms with van der Waals surface area (Å²) < 4.78 is 10.7. The normalized spacial score (nSPS) is 12.0. The third kappa shape index (κ3) is 3.75. The zero-order valence-electron chi connectivity index (χ0n) is 13.2. The molecule has 6 nitrogen and oxygen atoms in total. The van der Waals surface area contributed by atoms with Crippen LogP contribution in [0.2, 0.25) is 5.02 Å². The zero-order chi connectivity index (χ0) is 17.1. The van der Waals surface area contributed by atoms with Crippen LogP contribution >= 0.6 is 11.6 Å². The molecule has 1 aliphatic heterocycles. The summed E-state index contributed by atoms with van der Waals surface area (Å²) in [5.41, 5.74) is 1.99. The SMILES string of the molecule is Clc1ccc(CNc2cc(Nc3ccc4c(c3)OCO4)ncn2)cc1. The number of ether oxygens (including phenoxy) is 2. The molecule has 3 aromatic rings. The Morgan fingerprint density at radius 3 is 2.60 bits per heavy atom. The van der Waals surface area contributed by atoms with E-state index in [0.717, 1.165) is 33.6 Å². The number of aromatic nitrogens is 2. The predicted octanol–water partition coefficient (Wildman–Crippen LogP) is 4.21. The van der Waals surface area contributed by atoms with Gasteiger partial charge in [-0.3, -0.25) is 0 Å². The molecule has 0 saturated carbocycles. The minimum absolute atomic E-state index is 0.255. The van der Waals surface area contributed by atoms with Crippen LogP contribution in [-0.4, -0.2) is 16.8 Å². The van der Waals surface area contributed by atoms with E-state index >= 15 is 0 Å². The summed E-state index contributed by atoms with van der Waals surface area (Å²) in [6, 6.07) is 15.2. The molecular weight excluding hydrogens is 340 g/mol. The van der Waals surface area contributed by atoms with Crippen molar-refractivity contribution in [1.82, 2.24) is 9.97 Å². The number of hydrogen-bond donors (Lipinski definition) is 2. The summed E-state index contributed by atoms with van der Waals surface area (Å²) in [5, 5.41) is 7.23. The Morgan fingerprint density at radius 2 is 1.72 bits per heavy atom. The minimum Gasteiger partial charge on any atom is -0.454 e. The predicted molar refractivity (Wildman–Crippen MR) is 96.7 cm³/mol. The van der Waals surface area contributed by atoms with Crippen molar-refractivity contribution in [3.8, 4) is 11.5 Å². The zero-order valence-corrected chi connectivity index (χ0v) is 14.0. The molecule has 1 aliphatic rings. The van der Waals surface area contributed by atoms with E-state index in [0.29, 0.717) is 12.4 Å². The first kappa shape index (κ1) is 15.5. The number of rotatable bonds is 5. The van der Waals surface area contributed by atoms with E-state index < -0.39 is 0 Å². The van der Waals surface area contributed by atoms with Crippen molar-refractivity contribution >= 4 is 28.9 Å². The van der Waals surface area contributed by atoms with Crippen molar-refractivity contribution in [3.63, 3.8) is 0 Å². The maximum Gasteiger partial charge on any atom is 0.231 e. The van der Waals surface area contributed by atoms with Gasteiger partial charge < -0.3 is 20.1 Å². The van der Waals surface area contributed by atoms with Gasteiger partial charge in [-0.2, -0.15) is 0 Å². The number of hydrogen-bond acceptors (Lipinski definition) is 6. The van der Waals surface area contributed by atoms with E-state index in [4.69, 9.17) is 21.1 Å². The first-order valence-corrected chi connectivity index (χ1v) is 8.11. The van der Waals surface area contributed by atoms with Crippen LogP contribution in [0.1, 0.15) is 5.56 Å². The molecular formula is C18H15ClN4O2. The van der Waals surface area contributed by atoms with Gasteiger partial charge in [-0.05, 0) is 29.8 Å². The van der Waals surface area contributed by atoms with Crippen LogP contribution in [0.5, 0.6) is 11.5 Å². The highest BCUT2D eigenvalue weighted by atomic mass is 35.5. The Kier molecular flexibility index (Phi) is 4.26. The quantitative estimate of drug-likeness (QED) is 0.715. The molecule has 0 atom stereocenters. The molecule has 4 rings (SSSR count). The molecule has 7 heteroatoms. The molecule has 0 bridgehead atoms. The Labute approximate surface area is 149 Å². The first-order chi connectivity index (χ1) is 12.3. The van der Waals surface area contributed by atoms with E-state index in [1.54, 1.807) is 0 Å². The average Bonchev–Trinajstić information content (AvgIpc) is 3.09. The summed E-state index contributed by atoms with van der Waals surface area (Å²) >= 11 is 5.90. The number of fused-ring (bicyclic) bond motifs is 1. The number of nitrogens with zero attached hydrogens (tertiary/aromatic N) is 2. The van der Waals surface area contributed by atoms with E-state index in [1.807, 2.05) is 48.5 Å². The second kappa shape index (κ2) is 6.86. The molecule has 0 fully saturated rings. The molecule has 0 unspecified atom stereocenters. The Morgan fingerprint density at radius 1 is 0.920 bits per heavy atom. The summed E-state index contributed by atoms with van der Waals surface area (Å²) in [4.78, 5) is 8.48. The third-order valence-electron chi connectivity index (χ3n) is 3.70. The first-order valence-electron chi connectivity index (χ1n) is 7.73.